The van der Waals surface area contributed by atoms with Gasteiger partial charge in [-0.1, -0.05) is 12.2 Å². The summed E-state index contributed by atoms with van der Waals surface area (Å²) in [6.45, 7) is 1.54. The van der Waals surface area contributed by atoms with Gasteiger partial charge in [-0.05, 0) is 13.0 Å². The van der Waals surface area contributed by atoms with Crippen molar-refractivity contribution < 1.29 is 23.1 Å². The molecule has 0 aromatic heterocycles. The van der Waals surface area contributed by atoms with Crippen molar-refractivity contribution in [1.29, 1.82) is 0 Å². The molecule has 72 valence electrons. The predicted octanol–water partition coefficient (Wildman–Crippen LogP) is 2.65. The van der Waals surface area contributed by atoms with Gasteiger partial charge in [-0.25, -0.2) is 13.6 Å². The summed E-state index contributed by atoms with van der Waals surface area (Å²) in [7, 11) is 0. The number of rotatable bonds is 3. The third-order valence-electron chi connectivity index (χ3n) is 1.03. The molecular formula is C8H7F3O2. The van der Waals surface area contributed by atoms with Crippen LogP contribution in [0.25, 0.3) is 0 Å². The minimum absolute atomic E-state index is 0.623. The highest BCUT2D eigenvalue weighted by atomic mass is 19.2. The van der Waals surface area contributed by atoms with E-state index in [1.165, 1.54) is 6.08 Å². The van der Waals surface area contributed by atoms with Crippen molar-refractivity contribution >= 4 is 5.97 Å². The van der Waals surface area contributed by atoms with Crippen molar-refractivity contribution in [1.82, 2.24) is 0 Å². The van der Waals surface area contributed by atoms with Crippen molar-refractivity contribution in [3.8, 4) is 0 Å². The average Bonchev–Trinajstić information content (AvgIpc) is 2.11. The minimum Gasteiger partial charge on any atom is -0.476 e. The first-order valence-electron chi connectivity index (χ1n) is 3.28. The SMILES string of the molecule is C/C=C/C=C(F)/C(F)=C(\F)C(=O)O. The molecule has 0 saturated heterocycles. The third-order valence-corrected chi connectivity index (χ3v) is 1.03. The Hall–Kier alpha value is -1.52. The van der Waals surface area contributed by atoms with Gasteiger partial charge >= 0.3 is 5.97 Å². The summed E-state index contributed by atoms with van der Waals surface area (Å²) in [5, 5.41) is 7.94. The van der Waals surface area contributed by atoms with E-state index in [0.29, 0.717) is 6.08 Å². The lowest BCUT2D eigenvalue weighted by Crippen LogP contribution is -1.97. The summed E-state index contributed by atoms with van der Waals surface area (Å²) in [5.41, 5.74) is 0. The summed E-state index contributed by atoms with van der Waals surface area (Å²) < 4.78 is 37.1. The number of hydrogen-bond acceptors (Lipinski definition) is 1. The molecule has 0 aliphatic rings. The van der Waals surface area contributed by atoms with E-state index in [4.69, 9.17) is 5.11 Å². The van der Waals surface area contributed by atoms with E-state index in [0.717, 1.165) is 6.08 Å². The lowest BCUT2D eigenvalue weighted by atomic mass is 10.3. The number of carboxylic acid groups (broad SMARTS) is 1. The van der Waals surface area contributed by atoms with Gasteiger partial charge in [0.2, 0.25) is 11.7 Å². The Morgan fingerprint density at radius 3 is 2.15 bits per heavy atom. The maximum absolute atomic E-state index is 12.5. The van der Waals surface area contributed by atoms with Crippen molar-refractivity contribution in [2.45, 2.75) is 6.92 Å². The van der Waals surface area contributed by atoms with Crippen LogP contribution in [0.3, 0.4) is 0 Å². The highest BCUT2D eigenvalue weighted by molar-refractivity contribution is 5.85. The van der Waals surface area contributed by atoms with Gasteiger partial charge in [-0.3, -0.25) is 0 Å². The quantitative estimate of drug-likeness (QED) is 0.551. The molecule has 0 aromatic rings. The Kier molecular flexibility index (Phi) is 4.58. The zero-order valence-corrected chi connectivity index (χ0v) is 6.72. The van der Waals surface area contributed by atoms with E-state index in [9.17, 15) is 18.0 Å². The molecule has 0 saturated carbocycles. The van der Waals surface area contributed by atoms with Crippen molar-refractivity contribution in [3.05, 3.63) is 35.7 Å². The van der Waals surface area contributed by atoms with Crippen LogP contribution in [0, 0.1) is 0 Å². The zero-order chi connectivity index (χ0) is 10.4. The fraction of sp³-hybridized carbons (Fsp3) is 0.125. The molecule has 0 radical (unpaired) electrons. The van der Waals surface area contributed by atoms with E-state index < -0.39 is 23.4 Å². The first-order valence-corrected chi connectivity index (χ1v) is 3.28. The molecule has 0 atom stereocenters. The lowest BCUT2D eigenvalue weighted by molar-refractivity contribution is -0.134. The second-order valence-corrected chi connectivity index (χ2v) is 1.97. The molecule has 2 nitrogen and oxygen atoms in total. The van der Waals surface area contributed by atoms with Gasteiger partial charge < -0.3 is 5.11 Å². The summed E-state index contributed by atoms with van der Waals surface area (Å²) >= 11 is 0. The molecular weight excluding hydrogens is 185 g/mol. The Morgan fingerprint density at radius 1 is 1.23 bits per heavy atom. The van der Waals surface area contributed by atoms with Crippen molar-refractivity contribution in [2.24, 2.45) is 0 Å². The van der Waals surface area contributed by atoms with Gasteiger partial charge in [0, 0.05) is 0 Å². The van der Waals surface area contributed by atoms with Crippen molar-refractivity contribution in [3.63, 3.8) is 0 Å². The number of allylic oxidation sites excluding steroid dienone is 5. The van der Waals surface area contributed by atoms with Gasteiger partial charge in [0.05, 0.1) is 0 Å². The van der Waals surface area contributed by atoms with Crippen molar-refractivity contribution in [2.75, 3.05) is 0 Å². The first-order chi connectivity index (χ1) is 6.00. The summed E-state index contributed by atoms with van der Waals surface area (Å²) in [6.07, 6.45) is 3.12. The van der Waals surface area contributed by atoms with Crippen LogP contribution in [0.5, 0.6) is 0 Å². The molecule has 0 bridgehead atoms. The molecule has 1 N–H and O–H groups in total. The molecule has 0 aliphatic heterocycles. The number of halogens is 3. The van der Waals surface area contributed by atoms with Gasteiger partial charge in [-0.15, -0.1) is 0 Å². The van der Waals surface area contributed by atoms with Gasteiger partial charge in [0.15, 0.2) is 5.83 Å². The maximum atomic E-state index is 12.5. The van der Waals surface area contributed by atoms with Gasteiger partial charge in [0.25, 0.3) is 0 Å². The Morgan fingerprint density at radius 2 is 1.77 bits per heavy atom. The van der Waals surface area contributed by atoms with Crippen LogP contribution in [-0.4, -0.2) is 11.1 Å². The maximum Gasteiger partial charge on any atom is 0.367 e. The molecule has 0 aliphatic carbocycles. The number of aliphatic carboxylic acids is 1. The standard InChI is InChI=1S/C8H7F3O2/c1-2-3-4-5(9)6(10)7(11)8(12)13/h2-4H,1H3,(H,12,13)/b3-2+,5-4-,7-6+. The van der Waals surface area contributed by atoms with Crippen LogP contribution < -0.4 is 0 Å². The van der Waals surface area contributed by atoms with Crippen LogP contribution in [0.4, 0.5) is 13.2 Å². The first kappa shape index (κ1) is 11.5. The van der Waals surface area contributed by atoms with E-state index in [1.807, 2.05) is 0 Å². The monoisotopic (exact) mass is 192 g/mol. The summed E-state index contributed by atoms with van der Waals surface area (Å²) in [5.74, 6) is -7.84. The van der Waals surface area contributed by atoms with Gasteiger partial charge in [0.1, 0.15) is 0 Å². The van der Waals surface area contributed by atoms with Crippen LogP contribution in [0.15, 0.2) is 35.7 Å². The highest BCUT2D eigenvalue weighted by Crippen LogP contribution is 2.18. The number of carbonyl (C=O) groups is 1. The lowest BCUT2D eigenvalue weighted by Gasteiger charge is -1.92. The second kappa shape index (κ2) is 5.18. The topological polar surface area (TPSA) is 37.3 Å². The average molecular weight is 192 g/mol. The van der Waals surface area contributed by atoms with Crippen LogP contribution >= 0.6 is 0 Å². The molecule has 5 heteroatoms. The van der Waals surface area contributed by atoms with E-state index in [-0.39, 0.29) is 0 Å². The van der Waals surface area contributed by atoms with E-state index in [2.05, 4.69) is 0 Å². The Balaban J connectivity index is 4.87. The fourth-order valence-electron chi connectivity index (χ4n) is 0.453. The highest BCUT2D eigenvalue weighted by Gasteiger charge is 2.17. The number of hydrogen-bond donors (Lipinski definition) is 1. The molecule has 13 heavy (non-hydrogen) atoms. The Bertz CT molecular complexity index is 290. The van der Waals surface area contributed by atoms with Gasteiger partial charge in [-0.2, -0.15) is 4.39 Å². The summed E-state index contributed by atoms with van der Waals surface area (Å²) in [4.78, 5) is 9.83. The molecule has 0 amide bonds. The Labute approximate surface area is 72.7 Å². The molecule has 0 unspecified atom stereocenters. The molecule has 0 rings (SSSR count). The molecule has 0 spiro atoms. The third kappa shape index (κ3) is 3.59. The van der Waals surface area contributed by atoms with Crippen LogP contribution in [0.2, 0.25) is 0 Å². The van der Waals surface area contributed by atoms with Crippen LogP contribution in [0.1, 0.15) is 6.92 Å². The molecule has 0 fully saturated rings. The fourth-order valence-corrected chi connectivity index (χ4v) is 0.453. The smallest absolute Gasteiger partial charge is 0.367 e. The predicted molar refractivity (Wildman–Crippen MR) is 40.9 cm³/mol. The molecule has 0 heterocycles. The largest absolute Gasteiger partial charge is 0.476 e. The van der Waals surface area contributed by atoms with Crippen LogP contribution in [-0.2, 0) is 4.79 Å². The normalized spacial score (nSPS) is 14.6. The van der Waals surface area contributed by atoms with E-state index in [1.54, 1.807) is 6.92 Å². The minimum atomic E-state index is -2.14. The zero-order valence-electron chi connectivity index (χ0n) is 6.72. The second-order valence-electron chi connectivity index (χ2n) is 1.97. The number of carboxylic acids is 1. The molecule has 0 aromatic carbocycles. The van der Waals surface area contributed by atoms with E-state index >= 15 is 0 Å². The summed E-state index contributed by atoms with van der Waals surface area (Å²) in [6, 6.07) is 0.